The summed E-state index contributed by atoms with van der Waals surface area (Å²) in [6, 6.07) is 0.412. The van der Waals surface area contributed by atoms with Crippen molar-refractivity contribution in [3.05, 3.63) is 5.28 Å². The minimum atomic E-state index is 0.0884. The van der Waals surface area contributed by atoms with E-state index in [-0.39, 0.29) is 17.3 Å². The Labute approximate surface area is 99.2 Å². The van der Waals surface area contributed by atoms with Crippen LogP contribution in [0.1, 0.15) is 25.7 Å². The molecule has 0 unspecified atom stereocenters. The van der Waals surface area contributed by atoms with E-state index in [2.05, 4.69) is 15.0 Å². The van der Waals surface area contributed by atoms with Gasteiger partial charge in [0, 0.05) is 0 Å². The van der Waals surface area contributed by atoms with Crippen LogP contribution in [0.15, 0.2) is 0 Å². The standard InChI is InChI=1S/C10H14ClN3O2/c1-15-9-12-8(11)13-10(14-9)16-6-5-7-3-2-4-7/h7H,2-6H2,1H3. The van der Waals surface area contributed by atoms with Crippen LogP contribution in [0, 0.1) is 5.92 Å². The zero-order valence-electron chi connectivity index (χ0n) is 9.15. The van der Waals surface area contributed by atoms with Crippen molar-refractivity contribution in [1.29, 1.82) is 0 Å². The van der Waals surface area contributed by atoms with Gasteiger partial charge in [-0.2, -0.15) is 9.97 Å². The monoisotopic (exact) mass is 243 g/mol. The zero-order chi connectivity index (χ0) is 11.4. The molecule has 0 N–H and O–H groups in total. The Hall–Kier alpha value is -1.10. The Kier molecular flexibility index (Phi) is 3.77. The summed E-state index contributed by atoms with van der Waals surface area (Å²) in [6.45, 7) is 0.619. The van der Waals surface area contributed by atoms with E-state index in [4.69, 9.17) is 21.1 Å². The highest BCUT2D eigenvalue weighted by molar-refractivity contribution is 6.28. The van der Waals surface area contributed by atoms with Crippen LogP contribution in [-0.4, -0.2) is 28.7 Å². The topological polar surface area (TPSA) is 57.1 Å². The fourth-order valence-electron chi connectivity index (χ4n) is 1.57. The van der Waals surface area contributed by atoms with Gasteiger partial charge in [-0.3, -0.25) is 0 Å². The highest BCUT2D eigenvalue weighted by Crippen LogP contribution is 2.29. The van der Waals surface area contributed by atoms with E-state index in [1.165, 1.54) is 26.4 Å². The number of hydrogen-bond donors (Lipinski definition) is 0. The van der Waals surface area contributed by atoms with Crippen molar-refractivity contribution in [3.63, 3.8) is 0 Å². The molecular weight excluding hydrogens is 230 g/mol. The van der Waals surface area contributed by atoms with Gasteiger partial charge >= 0.3 is 12.0 Å². The molecule has 0 radical (unpaired) electrons. The summed E-state index contributed by atoms with van der Waals surface area (Å²) in [5.41, 5.74) is 0. The third-order valence-corrected chi connectivity index (χ3v) is 2.90. The van der Waals surface area contributed by atoms with E-state index in [9.17, 15) is 0 Å². The molecule has 1 aromatic heterocycles. The number of hydrogen-bond acceptors (Lipinski definition) is 5. The smallest absolute Gasteiger partial charge is 0.323 e. The fraction of sp³-hybridized carbons (Fsp3) is 0.700. The van der Waals surface area contributed by atoms with Gasteiger partial charge in [0.2, 0.25) is 5.28 Å². The molecule has 0 spiro atoms. The van der Waals surface area contributed by atoms with Crippen molar-refractivity contribution in [3.8, 4) is 12.0 Å². The zero-order valence-corrected chi connectivity index (χ0v) is 9.90. The van der Waals surface area contributed by atoms with Gasteiger partial charge in [-0.05, 0) is 23.9 Å². The Morgan fingerprint density at radius 1 is 1.25 bits per heavy atom. The van der Waals surface area contributed by atoms with Crippen LogP contribution in [-0.2, 0) is 0 Å². The first kappa shape index (κ1) is 11.4. The van der Waals surface area contributed by atoms with Crippen molar-refractivity contribution in [1.82, 2.24) is 15.0 Å². The van der Waals surface area contributed by atoms with Crippen LogP contribution in [0.5, 0.6) is 12.0 Å². The summed E-state index contributed by atoms with van der Waals surface area (Å²) in [4.78, 5) is 11.6. The van der Waals surface area contributed by atoms with Crippen molar-refractivity contribution in [2.45, 2.75) is 25.7 Å². The highest BCUT2D eigenvalue weighted by Gasteiger charge is 2.17. The quantitative estimate of drug-likeness (QED) is 0.793. The summed E-state index contributed by atoms with van der Waals surface area (Å²) >= 11 is 5.69. The molecule has 0 aromatic carbocycles. The van der Waals surface area contributed by atoms with Gasteiger partial charge in [0.25, 0.3) is 0 Å². The third kappa shape index (κ3) is 2.95. The minimum absolute atomic E-state index is 0.0884. The lowest BCUT2D eigenvalue weighted by Crippen LogP contribution is -2.15. The Morgan fingerprint density at radius 2 is 2.00 bits per heavy atom. The fourth-order valence-corrected chi connectivity index (χ4v) is 1.71. The van der Waals surface area contributed by atoms with Crippen LogP contribution in [0.3, 0.4) is 0 Å². The molecular formula is C10H14ClN3O2. The predicted molar refractivity (Wildman–Crippen MR) is 58.8 cm³/mol. The van der Waals surface area contributed by atoms with Crippen LogP contribution in [0.2, 0.25) is 5.28 Å². The predicted octanol–water partition coefficient (Wildman–Crippen LogP) is 2.10. The molecule has 1 heterocycles. The minimum Gasteiger partial charge on any atom is -0.467 e. The lowest BCUT2D eigenvalue weighted by atomic mass is 9.83. The lowest BCUT2D eigenvalue weighted by molar-refractivity contribution is 0.209. The molecule has 2 rings (SSSR count). The third-order valence-electron chi connectivity index (χ3n) is 2.73. The van der Waals surface area contributed by atoms with Gasteiger partial charge in [0.05, 0.1) is 13.7 Å². The summed E-state index contributed by atoms with van der Waals surface area (Å²) in [5.74, 6) is 0.805. The second kappa shape index (κ2) is 5.30. The molecule has 1 saturated carbocycles. The summed E-state index contributed by atoms with van der Waals surface area (Å²) in [6.07, 6.45) is 5.01. The van der Waals surface area contributed by atoms with Gasteiger partial charge < -0.3 is 9.47 Å². The van der Waals surface area contributed by atoms with Gasteiger partial charge in [0.1, 0.15) is 0 Å². The van der Waals surface area contributed by atoms with Gasteiger partial charge in [-0.25, -0.2) is 0 Å². The van der Waals surface area contributed by atoms with E-state index < -0.39 is 0 Å². The Morgan fingerprint density at radius 3 is 2.62 bits per heavy atom. The normalized spacial score (nSPS) is 15.6. The highest BCUT2D eigenvalue weighted by atomic mass is 35.5. The number of methoxy groups -OCH3 is 1. The Balaban J connectivity index is 1.84. The number of aromatic nitrogens is 3. The van der Waals surface area contributed by atoms with Gasteiger partial charge in [-0.15, -0.1) is 4.98 Å². The number of nitrogens with zero attached hydrogens (tertiary/aromatic N) is 3. The maximum atomic E-state index is 5.69. The van der Waals surface area contributed by atoms with Gasteiger partial charge in [0.15, 0.2) is 0 Å². The van der Waals surface area contributed by atoms with E-state index in [0.29, 0.717) is 6.61 Å². The van der Waals surface area contributed by atoms with E-state index in [0.717, 1.165) is 12.3 Å². The van der Waals surface area contributed by atoms with E-state index in [1.807, 2.05) is 0 Å². The van der Waals surface area contributed by atoms with Crippen molar-refractivity contribution in [2.75, 3.05) is 13.7 Å². The van der Waals surface area contributed by atoms with Crippen LogP contribution < -0.4 is 9.47 Å². The van der Waals surface area contributed by atoms with Crippen molar-refractivity contribution >= 4 is 11.6 Å². The van der Waals surface area contributed by atoms with Gasteiger partial charge in [-0.1, -0.05) is 19.3 Å². The first-order valence-electron chi connectivity index (χ1n) is 5.36. The van der Waals surface area contributed by atoms with Crippen molar-refractivity contribution in [2.24, 2.45) is 5.92 Å². The van der Waals surface area contributed by atoms with E-state index >= 15 is 0 Å². The molecule has 1 aliphatic rings. The lowest BCUT2D eigenvalue weighted by Gasteiger charge is -2.24. The number of rotatable bonds is 5. The maximum absolute atomic E-state index is 5.69. The molecule has 1 aliphatic carbocycles. The maximum Gasteiger partial charge on any atom is 0.323 e. The molecule has 0 saturated heterocycles. The number of ether oxygens (including phenoxy) is 2. The van der Waals surface area contributed by atoms with Crippen molar-refractivity contribution < 1.29 is 9.47 Å². The van der Waals surface area contributed by atoms with Crippen LogP contribution in [0.4, 0.5) is 0 Å². The molecule has 0 bridgehead atoms. The molecule has 0 aliphatic heterocycles. The molecule has 0 amide bonds. The Bertz CT molecular complexity index is 358. The molecule has 16 heavy (non-hydrogen) atoms. The molecule has 6 heteroatoms. The molecule has 1 fully saturated rings. The first-order valence-corrected chi connectivity index (χ1v) is 5.74. The summed E-state index contributed by atoms with van der Waals surface area (Å²) < 4.78 is 10.3. The molecule has 1 aromatic rings. The largest absolute Gasteiger partial charge is 0.467 e. The summed E-state index contributed by atoms with van der Waals surface area (Å²) in [7, 11) is 1.48. The molecule has 88 valence electrons. The second-order valence-corrected chi connectivity index (χ2v) is 4.15. The van der Waals surface area contributed by atoms with Crippen LogP contribution >= 0.6 is 11.6 Å². The number of halogens is 1. The average Bonchev–Trinajstić information content (AvgIpc) is 2.21. The molecule has 0 atom stereocenters. The first-order chi connectivity index (χ1) is 7.78. The SMILES string of the molecule is COc1nc(Cl)nc(OCCC2CCC2)n1. The average molecular weight is 244 g/mol. The second-order valence-electron chi connectivity index (χ2n) is 3.81. The van der Waals surface area contributed by atoms with Crippen LogP contribution in [0.25, 0.3) is 0 Å². The molecule has 5 nitrogen and oxygen atoms in total. The summed E-state index contributed by atoms with van der Waals surface area (Å²) in [5, 5.41) is 0.0884. The van der Waals surface area contributed by atoms with E-state index in [1.54, 1.807) is 0 Å².